The van der Waals surface area contributed by atoms with Crippen molar-refractivity contribution < 1.29 is 42.3 Å². The predicted molar refractivity (Wildman–Crippen MR) is 152 cm³/mol. The quantitative estimate of drug-likeness (QED) is 0.129. The summed E-state index contributed by atoms with van der Waals surface area (Å²) in [4.78, 5) is 39.3. The van der Waals surface area contributed by atoms with Crippen LogP contribution in [0.3, 0.4) is 0 Å². The first kappa shape index (κ1) is 31.9. The largest absolute Gasteiger partial charge is 0.511 e. The zero-order valence-electron chi connectivity index (χ0n) is 24.9. The Balaban J connectivity index is 1.31. The van der Waals surface area contributed by atoms with Crippen molar-refractivity contribution in [3.8, 4) is 5.69 Å². The number of carbonyl (C=O) groups is 3. The highest BCUT2D eigenvalue weighted by molar-refractivity contribution is 5.94. The molecule has 16 nitrogen and oxygen atoms in total. The standard InChI is InChI=1S/C28H30F2N10O6/c1-19(38-10-11-39(26(38)42)22-4-6-23(7-5-22)40-15-32-34-35-40)28(44,24-8-3-21(29)13-25(24)30)14-37-17-36(16-33-37)18-46-27(43)45-12-9-31-20(2)41/h3-8,13,15-17,19,44H,9-12,14,18H2,1-2H3/p+1/t19-,28+/m1/s1. The molecular formula is C28H31F2N10O6+. The summed E-state index contributed by atoms with van der Waals surface area (Å²) < 4.78 is 43.1. The normalized spacial score (nSPS) is 15.0. The second-order valence-electron chi connectivity index (χ2n) is 10.4. The first-order valence-corrected chi connectivity index (χ1v) is 14.1. The van der Waals surface area contributed by atoms with Crippen molar-refractivity contribution in [2.75, 3.05) is 31.1 Å². The van der Waals surface area contributed by atoms with E-state index in [9.17, 15) is 23.9 Å². The Kier molecular flexibility index (Phi) is 9.45. The van der Waals surface area contributed by atoms with Gasteiger partial charge in [-0.2, -0.15) is 0 Å². The smallest absolute Gasteiger partial charge is 0.432 e. The minimum Gasteiger partial charge on any atom is -0.432 e. The van der Waals surface area contributed by atoms with E-state index >= 15 is 4.39 Å². The first-order chi connectivity index (χ1) is 22.0. The molecule has 1 aliphatic rings. The van der Waals surface area contributed by atoms with E-state index in [-0.39, 0.29) is 51.0 Å². The van der Waals surface area contributed by atoms with E-state index in [1.807, 2.05) is 0 Å². The third kappa shape index (κ3) is 7.06. The van der Waals surface area contributed by atoms with Crippen LogP contribution in [0.2, 0.25) is 0 Å². The molecule has 0 saturated carbocycles. The highest BCUT2D eigenvalue weighted by Gasteiger charge is 2.47. The number of nitrogens with one attached hydrogen (secondary N) is 1. The maximum absolute atomic E-state index is 15.2. The molecule has 2 N–H and O–H groups in total. The summed E-state index contributed by atoms with van der Waals surface area (Å²) in [5.74, 6) is -2.10. The van der Waals surface area contributed by atoms with Gasteiger partial charge in [0.2, 0.25) is 19.0 Å². The number of hydrogen-bond donors (Lipinski definition) is 2. The van der Waals surface area contributed by atoms with Gasteiger partial charge in [0.15, 0.2) is 0 Å². The summed E-state index contributed by atoms with van der Waals surface area (Å²) in [5.41, 5.74) is -1.04. The number of ether oxygens (including phenoxy) is 2. The molecule has 1 fully saturated rings. The number of benzene rings is 2. The summed E-state index contributed by atoms with van der Waals surface area (Å²) in [5, 5.41) is 29.9. The monoisotopic (exact) mass is 641 g/mol. The summed E-state index contributed by atoms with van der Waals surface area (Å²) in [6.07, 6.45) is 3.16. The summed E-state index contributed by atoms with van der Waals surface area (Å²) in [7, 11) is 0. The fraction of sp³-hybridized carbons (Fsp3) is 0.357. The van der Waals surface area contributed by atoms with Gasteiger partial charge >= 0.3 is 12.2 Å². The Hall–Kier alpha value is -5.52. The van der Waals surface area contributed by atoms with Crippen LogP contribution in [0.1, 0.15) is 19.4 Å². The second kappa shape index (κ2) is 13.6. The molecule has 1 aliphatic heterocycles. The number of nitrogens with zero attached hydrogens (tertiary/aromatic N) is 9. The topological polar surface area (TPSA) is 174 Å². The van der Waals surface area contributed by atoms with E-state index in [0.29, 0.717) is 17.4 Å². The van der Waals surface area contributed by atoms with Crippen LogP contribution in [-0.4, -0.2) is 90.4 Å². The van der Waals surface area contributed by atoms with Gasteiger partial charge in [0, 0.05) is 42.4 Å². The molecule has 4 aromatic rings. The van der Waals surface area contributed by atoms with Gasteiger partial charge in [-0.05, 0) is 47.7 Å². The zero-order chi connectivity index (χ0) is 32.8. The van der Waals surface area contributed by atoms with Crippen molar-refractivity contribution in [3.05, 3.63) is 78.6 Å². The third-order valence-electron chi connectivity index (χ3n) is 7.43. The molecule has 0 radical (unpaired) electrons. The molecule has 0 unspecified atom stereocenters. The van der Waals surface area contributed by atoms with Gasteiger partial charge in [-0.1, -0.05) is 6.07 Å². The van der Waals surface area contributed by atoms with Gasteiger partial charge in [-0.25, -0.2) is 27.6 Å². The Morgan fingerprint density at radius 1 is 1.13 bits per heavy atom. The van der Waals surface area contributed by atoms with Crippen molar-refractivity contribution in [2.24, 2.45) is 0 Å². The molecule has 18 heteroatoms. The molecule has 2 aromatic heterocycles. The molecule has 0 aliphatic carbocycles. The molecular weight excluding hydrogens is 610 g/mol. The highest BCUT2D eigenvalue weighted by Crippen LogP contribution is 2.35. The molecule has 3 amide bonds. The zero-order valence-corrected chi connectivity index (χ0v) is 24.9. The number of aromatic nitrogens is 7. The molecule has 242 valence electrons. The SMILES string of the molecule is CC(=O)NCCOC(=O)OC[n+]1cnn(C[C@@](O)(c2ccc(F)cc2F)[C@@H](C)N2CCN(c3ccc(-n4cnnn4)cc3)C2=O)c1. The van der Waals surface area contributed by atoms with Gasteiger partial charge in [-0.15, -0.1) is 9.78 Å². The van der Waals surface area contributed by atoms with Crippen LogP contribution in [0.5, 0.6) is 0 Å². The maximum Gasteiger partial charge on any atom is 0.511 e. The fourth-order valence-corrected chi connectivity index (χ4v) is 5.05. The number of anilines is 1. The van der Waals surface area contributed by atoms with Crippen LogP contribution in [0.25, 0.3) is 5.69 Å². The van der Waals surface area contributed by atoms with E-state index in [2.05, 4.69) is 25.9 Å². The highest BCUT2D eigenvalue weighted by atomic mass is 19.1. The van der Waals surface area contributed by atoms with Crippen molar-refractivity contribution in [3.63, 3.8) is 0 Å². The fourth-order valence-electron chi connectivity index (χ4n) is 5.05. The Labute approximate surface area is 260 Å². The van der Waals surface area contributed by atoms with Crippen LogP contribution in [-0.2, 0) is 33.1 Å². The molecule has 2 aromatic carbocycles. The molecule has 5 rings (SSSR count). The number of amides is 3. The van der Waals surface area contributed by atoms with Crippen molar-refractivity contribution in [2.45, 2.75) is 38.8 Å². The molecule has 0 bridgehead atoms. The Bertz CT molecular complexity index is 1690. The number of urea groups is 1. The lowest BCUT2D eigenvalue weighted by Gasteiger charge is -2.38. The van der Waals surface area contributed by atoms with Gasteiger partial charge in [0.05, 0.1) is 18.3 Å². The van der Waals surface area contributed by atoms with Crippen LogP contribution >= 0.6 is 0 Å². The van der Waals surface area contributed by atoms with E-state index in [1.165, 1.54) is 49.6 Å². The predicted octanol–water partition coefficient (Wildman–Crippen LogP) is 0.890. The van der Waals surface area contributed by atoms with E-state index < -0.39 is 35.5 Å². The van der Waals surface area contributed by atoms with Crippen LogP contribution in [0.15, 0.2) is 61.4 Å². The van der Waals surface area contributed by atoms with Crippen molar-refractivity contribution in [1.82, 2.24) is 40.2 Å². The van der Waals surface area contributed by atoms with E-state index in [0.717, 1.165) is 12.1 Å². The van der Waals surface area contributed by atoms with Gasteiger partial charge < -0.3 is 24.8 Å². The van der Waals surface area contributed by atoms with Gasteiger partial charge in [0.25, 0.3) is 6.33 Å². The lowest BCUT2D eigenvalue weighted by Crippen LogP contribution is -2.53. The average Bonchev–Trinajstić information content (AvgIpc) is 3.80. The van der Waals surface area contributed by atoms with Crippen LogP contribution in [0, 0.1) is 11.6 Å². The van der Waals surface area contributed by atoms with Gasteiger partial charge in [0.1, 0.15) is 36.7 Å². The van der Waals surface area contributed by atoms with E-state index in [1.54, 1.807) is 31.2 Å². The average molecular weight is 642 g/mol. The lowest BCUT2D eigenvalue weighted by atomic mass is 9.85. The number of carbonyl (C=O) groups excluding carboxylic acids is 3. The molecule has 2 atom stereocenters. The number of hydrogen-bond acceptors (Lipinski definition) is 10. The third-order valence-corrected chi connectivity index (χ3v) is 7.43. The number of halogens is 2. The summed E-state index contributed by atoms with van der Waals surface area (Å²) >= 11 is 0. The Morgan fingerprint density at radius 3 is 2.59 bits per heavy atom. The van der Waals surface area contributed by atoms with Crippen LogP contribution < -0.4 is 14.8 Å². The van der Waals surface area contributed by atoms with Crippen molar-refractivity contribution in [1.29, 1.82) is 0 Å². The first-order valence-electron chi connectivity index (χ1n) is 14.1. The lowest BCUT2D eigenvalue weighted by molar-refractivity contribution is -0.728. The molecule has 1 saturated heterocycles. The molecule has 0 spiro atoms. The Morgan fingerprint density at radius 2 is 1.89 bits per heavy atom. The molecule has 3 heterocycles. The maximum atomic E-state index is 15.2. The minimum atomic E-state index is -2.08. The van der Waals surface area contributed by atoms with E-state index in [4.69, 9.17) is 9.47 Å². The molecule has 46 heavy (non-hydrogen) atoms. The number of aliphatic hydroxyl groups is 1. The van der Waals surface area contributed by atoms with Crippen LogP contribution in [0.4, 0.5) is 24.1 Å². The minimum absolute atomic E-state index is 0.0881. The second-order valence-corrected chi connectivity index (χ2v) is 10.4. The summed E-state index contributed by atoms with van der Waals surface area (Å²) in [6, 6.07) is 8.34. The summed E-state index contributed by atoms with van der Waals surface area (Å²) in [6.45, 7) is 2.78. The number of rotatable bonds is 12. The number of tetrazole rings is 1. The van der Waals surface area contributed by atoms with Crippen molar-refractivity contribution >= 4 is 23.8 Å². The van der Waals surface area contributed by atoms with Gasteiger partial charge in [-0.3, -0.25) is 9.69 Å².